The first kappa shape index (κ1) is 12.6. The smallest absolute Gasteiger partial charge is 0.0731 e. The maximum absolute atomic E-state index is 3.62. The molecule has 16 heavy (non-hydrogen) atoms. The zero-order valence-electron chi connectivity index (χ0n) is 10.1. The predicted molar refractivity (Wildman–Crippen MR) is 75.1 cm³/mol. The highest BCUT2D eigenvalue weighted by Gasteiger charge is 2.21. The zero-order valence-corrected chi connectivity index (χ0v) is 12.5. The lowest BCUT2D eigenvalue weighted by atomic mass is 9.97. The van der Waals surface area contributed by atoms with Crippen molar-refractivity contribution in [3.8, 4) is 0 Å². The summed E-state index contributed by atoms with van der Waals surface area (Å²) in [6, 6.07) is 2.88. The number of hydrogen-bond acceptors (Lipinski definition) is 2. The molecule has 90 valence electrons. The van der Waals surface area contributed by atoms with Gasteiger partial charge in [0.2, 0.25) is 0 Å². The van der Waals surface area contributed by atoms with Crippen LogP contribution in [0.2, 0.25) is 0 Å². The van der Waals surface area contributed by atoms with Gasteiger partial charge in [0, 0.05) is 10.9 Å². The van der Waals surface area contributed by atoms with Crippen LogP contribution >= 0.6 is 27.3 Å². The average molecular weight is 302 g/mol. The summed E-state index contributed by atoms with van der Waals surface area (Å²) in [5.74, 6) is 0.943. The van der Waals surface area contributed by atoms with Crippen LogP contribution in [0.5, 0.6) is 0 Å². The van der Waals surface area contributed by atoms with E-state index in [0.29, 0.717) is 6.04 Å². The molecule has 0 saturated heterocycles. The second kappa shape index (κ2) is 5.65. The number of halogens is 1. The molecule has 1 nitrogen and oxygen atoms in total. The molecule has 1 saturated carbocycles. The SMILES string of the molecule is CNC(CC1CCCC1)c1cc(C)c(Br)s1. The molecular weight excluding hydrogens is 282 g/mol. The third-order valence-electron chi connectivity index (χ3n) is 3.61. The third-order valence-corrected chi connectivity index (χ3v) is 5.86. The molecule has 0 radical (unpaired) electrons. The molecule has 1 fully saturated rings. The summed E-state index contributed by atoms with van der Waals surface area (Å²) in [6.07, 6.45) is 7.05. The summed E-state index contributed by atoms with van der Waals surface area (Å²) in [4.78, 5) is 1.48. The Labute approximate surface area is 111 Å². The van der Waals surface area contributed by atoms with E-state index in [1.165, 1.54) is 46.3 Å². The third kappa shape index (κ3) is 2.88. The van der Waals surface area contributed by atoms with Gasteiger partial charge in [0.1, 0.15) is 0 Å². The summed E-state index contributed by atoms with van der Waals surface area (Å²) in [6.45, 7) is 2.17. The molecule has 1 unspecified atom stereocenters. The fraction of sp³-hybridized carbons (Fsp3) is 0.692. The van der Waals surface area contributed by atoms with Gasteiger partial charge < -0.3 is 5.32 Å². The molecule has 0 aliphatic heterocycles. The first-order valence-corrected chi connectivity index (χ1v) is 7.74. The van der Waals surface area contributed by atoms with E-state index in [2.05, 4.69) is 41.3 Å². The second-order valence-electron chi connectivity index (χ2n) is 4.83. The predicted octanol–water partition coefficient (Wildman–Crippen LogP) is 4.66. The number of nitrogens with one attached hydrogen (secondary N) is 1. The minimum absolute atomic E-state index is 0.554. The van der Waals surface area contributed by atoms with Crippen LogP contribution in [0.1, 0.15) is 48.6 Å². The van der Waals surface area contributed by atoms with Crippen LogP contribution in [-0.2, 0) is 0 Å². The highest BCUT2D eigenvalue weighted by atomic mass is 79.9. The van der Waals surface area contributed by atoms with E-state index >= 15 is 0 Å². The van der Waals surface area contributed by atoms with E-state index in [4.69, 9.17) is 0 Å². The fourth-order valence-corrected chi connectivity index (χ4v) is 4.31. The first-order valence-electron chi connectivity index (χ1n) is 6.13. The minimum Gasteiger partial charge on any atom is -0.312 e. The van der Waals surface area contributed by atoms with Crippen LogP contribution in [0.3, 0.4) is 0 Å². The second-order valence-corrected chi connectivity index (χ2v) is 7.23. The van der Waals surface area contributed by atoms with Gasteiger partial charge in [-0.2, -0.15) is 0 Å². The Morgan fingerprint density at radius 3 is 2.69 bits per heavy atom. The lowest BCUT2D eigenvalue weighted by molar-refractivity contribution is 0.417. The van der Waals surface area contributed by atoms with E-state index in [0.717, 1.165) is 5.92 Å². The molecule has 0 spiro atoms. The van der Waals surface area contributed by atoms with Crippen LogP contribution in [0.4, 0.5) is 0 Å². The van der Waals surface area contributed by atoms with Gasteiger partial charge >= 0.3 is 0 Å². The molecule has 3 heteroatoms. The molecule has 1 N–H and O–H groups in total. The van der Waals surface area contributed by atoms with Gasteiger partial charge in [-0.25, -0.2) is 0 Å². The molecule has 2 rings (SSSR count). The average Bonchev–Trinajstić information content (AvgIpc) is 2.86. The monoisotopic (exact) mass is 301 g/mol. The standard InChI is InChI=1S/C13H20BrNS/c1-9-7-12(16-13(9)14)11(15-2)8-10-5-3-4-6-10/h7,10-11,15H,3-6,8H2,1-2H3. The van der Waals surface area contributed by atoms with Crippen LogP contribution in [0.15, 0.2) is 9.85 Å². The van der Waals surface area contributed by atoms with Gasteiger partial charge in [-0.05, 0) is 53.9 Å². The summed E-state index contributed by atoms with van der Waals surface area (Å²) >= 11 is 5.50. The van der Waals surface area contributed by atoms with E-state index in [1.54, 1.807) is 0 Å². The van der Waals surface area contributed by atoms with E-state index in [1.807, 2.05) is 11.3 Å². The van der Waals surface area contributed by atoms with Crippen molar-refractivity contribution < 1.29 is 0 Å². The Morgan fingerprint density at radius 1 is 1.50 bits per heavy atom. The normalized spacial score (nSPS) is 19.2. The Morgan fingerprint density at radius 2 is 2.19 bits per heavy atom. The number of rotatable bonds is 4. The van der Waals surface area contributed by atoms with Crippen molar-refractivity contribution in [1.29, 1.82) is 0 Å². The lowest BCUT2D eigenvalue weighted by Crippen LogP contribution is -2.18. The van der Waals surface area contributed by atoms with E-state index in [9.17, 15) is 0 Å². The number of hydrogen-bond donors (Lipinski definition) is 1. The van der Waals surface area contributed by atoms with Gasteiger partial charge in [-0.3, -0.25) is 0 Å². The number of aryl methyl sites for hydroxylation is 1. The number of thiophene rings is 1. The van der Waals surface area contributed by atoms with Crippen molar-refractivity contribution in [2.24, 2.45) is 5.92 Å². The van der Waals surface area contributed by atoms with Crippen molar-refractivity contribution in [2.45, 2.75) is 45.1 Å². The molecular formula is C13H20BrNS. The quantitative estimate of drug-likeness (QED) is 0.853. The first-order chi connectivity index (χ1) is 7.70. The summed E-state index contributed by atoms with van der Waals surface area (Å²) in [5.41, 5.74) is 1.37. The molecule has 0 amide bonds. The van der Waals surface area contributed by atoms with Crippen molar-refractivity contribution >= 4 is 27.3 Å². The Bertz CT molecular complexity index is 322. The van der Waals surface area contributed by atoms with Crippen LogP contribution in [0.25, 0.3) is 0 Å². The fourth-order valence-electron chi connectivity index (χ4n) is 2.61. The topological polar surface area (TPSA) is 12.0 Å². The van der Waals surface area contributed by atoms with Gasteiger partial charge in [-0.15, -0.1) is 11.3 Å². The minimum atomic E-state index is 0.554. The molecule has 1 aliphatic carbocycles. The molecule has 0 bridgehead atoms. The highest BCUT2D eigenvalue weighted by molar-refractivity contribution is 9.11. The van der Waals surface area contributed by atoms with Crippen LogP contribution < -0.4 is 5.32 Å². The van der Waals surface area contributed by atoms with Gasteiger partial charge in [0.15, 0.2) is 0 Å². The van der Waals surface area contributed by atoms with Crippen LogP contribution in [-0.4, -0.2) is 7.05 Å². The van der Waals surface area contributed by atoms with Gasteiger partial charge in [0.25, 0.3) is 0 Å². The summed E-state index contributed by atoms with van der Waals surface area (Å²) < 4.78 is 1.29. The molecule has 1 aromatic rings. The molecule has 1 aliphatic rings. The summed E-state index contributed by atoms with van der Waals surface area (Å²) in [7, 11) is 2.09. The Kier molecular flexibility index (Phi) is 4.45. The van der Waals surface area contributed by atoms with Crippen molar-refractivity contribution in [1.82, 2.24) is 5.32 Å². The van der Waals surface area contributed by atoms with Crippen LogP contribution in [0, 0.1) is 12.8 Å². The van der Waals surface area contributed by atoms with E-state index in [-0.39, 0.29) is 0 Å². The maximum Gasteiger partial charge on any atom is 0.0731 e. The van der Waals surface area contributed by atoms with Crippen molar-refractivity contribution in [3.63, 3.8) is 0 Å². The highest BCUT2D eigenvalue weighted by Crippen LogP contribution is 2.37. The van der Waals surface area contributed by atoms with Crippen molar-refractivity contribution in [2.75, 3.05) is 7.05 Å². The zero-order chi connectivity index (χ0) is 11.5. The molecule has 1 heterocycles. The molecule has 1 aromatic heterocycles. The molecule has 0 aromatic carbocycles. The van der Waals surface area contributed by atoms with Crippen molar-refractivity contribution in [3.05, 3.63) is 20.3 Å². The Balaban J connectivity index is 2.03. The van der Waals surface area contributed by atoms with E-state index < -0.39 is 0 Å². The molecule has 1 atom stereocenters. The van der Waals surface area contributed by atoms with Gasteiger partial charge in [0.05, 0.1) is 3.79 Å². The maximum atomic E-state index is 3.62. The Hall–Kier alpha value is 0.140. The van der Waals surface area contributed by atoms with Gasteiger partial charge in [-0.1, -0.05) is 25.7 Å². The summed E-state index contributed by atoms with van der Waals surface area (Å²) in [5, 5.41) is 3.48. The largest absolute Gasteiger partial charge is 0.312 e. The lowest BCUT2D eigenvalue weighted by Gasteiger charge is -2.18.